The van der Waals surface area contributed by atoms with Crippen molar-refractivity contribution in [3.63, 3.8) is 0 Å². The molecule has 2 rings (SSSR count). The number of aromatic nitrogens is 2. The molecule has 0 atom stereocenters. The summed E-state index contributed by atoms with van der Waals surface area (Å²) in [6.45, 7) is 0. The van der Waals surface area contributed by atoms with Gasteiger partial charge in [-0.15, -0.1) is 0 Å². The number of hydrogen-bond acceptors (Lipinski definition) is 3. The molecule has 0 aliphatic heterocycles. The minimum atomic E-state index is -0.802. The molecule has 1 aromatic rings. The van der Waals surface area contributed by atoms with Crippen LogP contribution in [0.25, 0.3) is 0 Å². The van der Waals surface area contributed by atoms with E-state index in [1.54, 1.807) is 0 Å². The molecule has 1 aromatic heterocycles. The zero-order valence-corrected chi connectivity index (χ0v) is 9.66. The standard InChI is InChI=1S/C12H16N2O3/c15-11(16)7-3-6-10-8-4-1-2-5-9(8)13-12(17)14-10/h1-7H2,(H,15,16)(H,13,14,17). The van der Waals surface area contributed by atoms with Crippen molar-refractivity contribution < 1.29 is 9.90 Å². The molecule has 0 aromatic carbocycles. The Balaban J connectivity index is 2.17. The molecule has 5 nitrogen and oxygen atoms in total. The number of aliphatic carboxylic acids is 1. The zero-order valence-electron chi connectivity index (χ0n) is 9.66. The van der Waals surface area contributed by atoms with Gasteiger partial charge in [0.15, 0.2) is 0 Å². The highest BCUT2D eigenvalue weighted by Gasteiger charge is 2.15. The number of nitrogens with one attached hydrogen (secondary N) is 1. The van der Waals surface area contributed by atoms with E-state index in [0.717, 1.165) is 42.6 Å². The second-order valence-corrected chi connectivity index (χ2v) is 4.40. The second-order valence-electron chi connectivity index (χ2n) is 4.40. The maximum absolute atomic E-state index is 11.4. The minimum Gasteiger partial charge on any atom is -0.481 e. The van der Waals surface area contributed by atoms with E-state index in [-0.39, 0.29) is 12.1 Å². The van der Waals surface area contributed by atoms with Gasteiger partial charge in [0.25, 0.3) is 0 Å². The first kappa shape index (κ1) is 11.8. The van der Waals surface area contributed by atoms with E-state index in [0.29, 0.717) is 12.8 Å². The molecule has 0 saturated heterocycles. The number of carboxylic acid groups (broad SMARTS) is 1. The lowest BCUT2D eigenvalue weighted by Crippen LogP contribution is -2.21. The van der Waals surface area contributed by atoms with Crippen molar-refractivity contribution in [1.29, 1.82) is 0 Å². The fraction of sp³-hybridized carbons (Fsp3) is 0.583. The largest absolute Gasteiger partial charge is 0.481 e. The van der Waals surface area contributed by atoms with Gasteiger partial charge in [0.2, 0.25) is 0 Å². The van der Waals surface area contributed by atoms with Gasteiger partial charge in [-0.25, -0.2) is 4.79 Å². The van der Waals surface area contributed by atoms with E-state index < -0.39 is 5.97 Å². The summed E-state index contributed by atoms with van der Waals surface area (Å²) >= 11 is 0. The van der Waals surface area contributed by atoms with E-state index in [9.17, 15) is 9.59 Å². The lowest BCUT2D eigenvalue weighted by Gasteiger charge is -2.17. The first-order chi connectivity index (χ1) is 8.16. The molecular formula is C12H16N2O3. The second kappa shape index (κ2) is 5.12. The molecule has 0 unspecified atom stereocenters. The van der Waals surface area contributed by atoms with Gasteiger partial charge in [0.05, 0.1) is 5.69 Å². The minimum absolute atomic E-state index is 0.128. The summed E-state index contributed by atoms with van der Waals surface area (Å²) < 4.78 is 0. The van der Waals surface area contributed by atoms with Gasteiger partial charge in [-0.05, 0) is 44.1 Å². The predicted molar refractivity (Wildman–Crippen MR) is 62.1 cm³/mol. The van der Waals surface area contributed by atoms with Crippen LogP contribution in [0.3, 0.4) is 0 Å². The Bertz CT molecular complexity index is 479. The molecule has 1 aliphatic rings. The molecule has 1 heterocycles. The van der Waals surface area contributed by atoms with E-state index in [2.05, 4.69) is 9.97 Å². The van der Waals surface area contributed by atoms with Crippen LogP contribution in [-0.4, -0.2) is 21.0 Å². The molecule has 17 heavy (non-hydrogen) atoms. The summed E-state index contributed by atoms with van der Waals surface area (Å²) in [5, 5.41) is 8.60. The van der Waals surface area contributed by atoms with Gasteiger partial charge in [-0.2, -0.15) is 4.98 Å². The van der Waals surface area contributed by atoms with E-state index in [1.165, 1.54) is 0 Å². The number of nitrogens with zero attached hydrogens (tertiary/aromatic N) is 1. The van der Waals surface area contributed by atoms with Crippen LogP contribution in [0.1, 0.15) is 42.6 Å². The summed E-state index contributed by atoms with van der Waals surface area (Å²) in [4.78, 5) is 28.6. The lowest BCUT2D eigenvalue weighted by molar-refractivity contribution is -0.137. The van der Waals surface area contributed by atoms with Gasteiger partial charge in [-0.3, -0.25) is 4.79 Å². The molecule has 0 amide bonds. The van der Waals surface area contributed by atoms with Crippen molar-refractivity contribution in [2.45, 2.75) is 44.9 Å². The highest BCUT2D eigenvalue weighted by atomic mass is 16.4. The molecule has 92 valence electrons. The Labute approximate surface area is 98.9 Å². The third-order valence-corrected chi connectivity index (χ3v) is 3.11. The molecule has 5 heteroatoms. The molecule has 2 N–H and O–H groups in total. The number of fused-ring (bicyclic) bond motifs is 1. The first-order valence-electron chi connectivity index (χ1n) is 5.99. The fourth-order valence-corrected chi connectivity index (χ4v) is 2.32. The van der Waals surface area contributed by atoms with Crippen molar-refractivity contribution in [3.05, 3.63) is 27.4 Å². The zero-order chi connectivity index (χ0) is 12.3. The van der Waals surface area contributed by atoms with Crippen LogP contribution < -0.4 is 5.69 Å². The molecule has 0 bridgehead atoms. The quantitative estimate of drug-likeness (QED) is 0.818. The predicted octanol–water partition coefficient (Wildman–Crippen LogP) is 1.06. The molecule has 1 aliphatic carbocycles. The Morgan fingerprint density at radius 1 is 1.35 bits per heavy atom. The van der Waals surface area contributed by atoms with Crippen LogP contribution in [0, 0.1) is 0 Å². The van der Waals surface area contributed by atoms with Crippen LogP contribution in [0.15, 0.2) is 4.79 Å². The monoisotopic (exact) mass is 236 g/mol. The number of rotatable bonds is 4. The number of aryl methyl sites for hydroxylation is 2. The Morgan fingerprint density at radius 3 is 2.88 bits per heavy atom. The van der Waals surface area contributed by atoms with Crippen molar-refractivity contribution in [3.8, 4) is 0 Å². The van der Waals surface area contributed by atoms with Gasteiger partial charge in [0.1, 0.15) is 0 Å². The van der Waals surface area contributed by atoms with Crippen LogP contribution in [-0.2, 0) is 24.1 Å². The highest BCUT2D eigenvalue weighted by molar-refractivity contribution is 5.66. The summed E-state index contributed by atoms with van der Waals surface area (Å²) in [5.41, 5.74) is 2.63. The van der Waals surface area contributed by atoms with Crippen LogP contribution in [0.2, 0.25) is 0 Å². The topological polar surface area (TPSA) is 83.0 Å². The number of H-pyrrole nitrogens is 1. The summed E-state index contributed by atoms with van der Waals surface area (Å²) in [6.07, 6.45) is 5.31. The number of carbonyl (C=O) groups is 1. The summed E-state index contributed by atoms with van der Waals surface area (Å²) in [5.74, 6) is -0.802. The van der Waals surface area contributed by atoms with E-state index in [4.69, 9.17) is 5.11 Å². The normalized spacial score (nSPS) is 14.4. The average molecular weight is 236 g/mol. The van der Waals surface area contributed by atoms with E-state index >= 15 is 0 Å². The summed E-state index contributed by atoms with van der Waals surface area (Å²) in [6, 6.07) is 0. The van der Waals surface area contributed by atoms with E-state index in [1.807, 2.05) is 0 Å². The molecule has 0 radical (unpaired) electrons. The lowest BCUT2D eigenvalue weighted by atomic mass is 9.93. The van der Waals surface area contributed by atoms with Crippen LogP contribution in [0.5, 0.6) is 0 Å². The molecular weight excluding hydrogens is 220 g/mol. The maximum Gasteiger partial charge on any atom is 0.345 e. The third kappa shape index (κ3) is 2.93. The van der Waals surface area contributed by atoms with Crippen molar-refractivity contribution >= 4 is 5.97 Å². The number of carboxylic acids is 1. The Kier molecular flexibility index (Phi) is 3.56. The molecule has 0 spiro atoms. The smallest absolute Gasteiger partial charge is 0.345 e. The average Bonchev–Trinajstić information content (AvgIpc) is 2.28. The van der Waals surface area contributed by atoms with Gasteiger partial charge in [-0.1, -0.05) is 0 Å². The number of hydrogen-bond donors (Lipinski definition) is 2. The molecule has 0 saturated carbocycles. The highest BCUT2D eigenvalue weighted by Crippen LogP contribution is 2.21. The third-order valence-electron chi connectivity index (χ3n) is 3.11. The summed E-state index contributed by atoms with van der Waals surface area (Å²) in [7, 11) is 0. The van der Waals surface area contributed by atoms with Gasteiger partial charge < -0.3 is 10.1 Å². The van der Waals surface area contributed by atoms with Crippen molar-refractivity contribution in [2.24, 2.45) is 0 Å². The van der Waals surface area contributed by atoms with Gasteiger partial charge >= 0.3 is 11.7 Å². The first-order valence-corrected chi connectivity index (χ1v) is 5.99. The SMILES string of the molecule is O=C(O)CCCc1nc(=O)[nH]c2c1CCCC2. The number of aromatic amines is 1. The van der Waals surface area contributed by atoms with Gasteiger partial charge in [0, 0.05) is 12.1 Å². The van der Waals surface area contributed by atoms with Crippen molar-refractivity contribution in [1.82, 2.24) is 9.97 Å². The Morgan fingerprint density at radius 2 is 2.12 bits per heavy atom. The fourth-order valence-electron chi connectivity index (χ4n) is 2.32. The van der Waals surface area contributed by atoms with Crippen LogP contribution in [0.4, 0.5) is 0 Å². The van der Waals surface area contributed by atoms with Crippen molar-refractivity contribution in [2.75, 3.05) is 0 Å². The maximum atomic E-state index is 11.4. The molecule has 0 fully saturated rings. The Hall–Kier alpha value is -1.65. The van der Waals surface area contributed by atoms with Crippen LogP contribution >= 0.6 is 0 Å².